The number of hydrogen-bond donors (Lipinski definition) is 2. The maximum absolute atomic E-state index is 12.2. The molecular formula is C24H28O7. The van der Waals surface area contributed by atoms with Crippen molar-refractivity contribution in [1.82, 2.24) is 0 Å². The Kier molecular flexibility index (Phi) is 8.90. The first-order chi connectivity index (χ1) is 14.7. The van der Waals surface area contributed by atoms with E-state index in [-0.39, 0.29) is 18.0 Å². The van der Waals surface area contributed by atoms with Crippen molar-refractivity contribution in [3.05, 3.63) is 71.8 Å². The molecule has 0 saturated carbocycles. The van der Waals surface area contributed by atoms with Crippen molar-refractivity contribution in [1.29, 1.82) is 0 Å². The third-order valence-electron chi connectivity index (χ3n) is 4.81. The number of allylic oxidation sites excluding steroid dienone is 3. The van der Waals surface area contributed by atoms with E-state index in [1.54, 1.807) is 0 Å². The number of carbonyl (C=O) groups is 3. The van der Waals surface area contributed by atoms with Gasteiger partial charge in [-0.25, -0.2) is 0 Å². The van der Waals surface area contributed by atoms with E-state index in [2.05, 4.69) is 0 Å². The molecule has 7 heteroatoms. The van der Waals surface area contributed by atoms with Crippen LogP contribution in [0.2, 0.25) is 0 Å². The lowest BCUT2D eigenvalue weighted by Crippen LogP contribution is -2.33. The minimum atomic E-state index is -1.39. The van der Waals surface area contributed by atoms with Crippen LogP contribution in [0.1, 0.15) is 32.3 Å². The summed E-state index contributed by atoms with van der Waals surface area (Å²) < 4.78 is 9.79. The standard InChI is InChI=1S/C24H28O7/c1-17(25)30-16-22(28)23(31-18(2)26)12-6-11-20-21(27)13-15-24(20,29)14-7-10-19-8-4-3-5-9-19/h3-6,8-9,11-13,15,22-23,28-29H,7,10,14,16H2,1-2H3. The lowest BCUT2D eigenvalue weighted by atomic mass is 9.89. The first kappa shape index (κ1) is 24.2. The SMILES string of the molecule is CC(=O)OCC(O)C(C=CC=C1C(=O)C=CC1(O)CCCc1ccccc1)OC(C)=O. The van der Waals surface area contributed by atoms with E-state index in [0.29, 0.717) is 12.8 Å². The van der Waals surface area contributed by atoms with Gasteiger partial charge in [-0.15, -0.1) is 0 Å². The molecule has 0 heterocycles. The fraction of sp³-hybridized carbons (Fsp3) is 0.375. The van der Waals surface area contributed by atoms with Gasteiger partial charge in [0, 0.05) is 19.4 Å². The van der Waals surface area contributed by atoms with E-state index in [9.17, 15) is 24.6 Å². The van der Waals surface area contributed by atoms with Crippen LogP contribution in [0.3, 0.4) is 0 Å². The number of aliphatic hydroxyl groups excluding tert-OH is 1. The van der Waals surface area contributed by atoms with Crippen molar-refractivity contribution >= 4 is 17.7 Å². The summed E-state index contributed by atoms with van der Waals surface area (Å²) in [6.07, 6.45) is 6.54. The molecule has 0 spiro atoms. The summed E-state index contributed by atoms with van der Waals surface area (Å²) in [5, 5.41) is 21.1. The van der Waals surface area contributed by atoms with Crippen molar-refractivity contribution in [3.63, 3.8) is 0 Å². The summed E-state index contributed by atoms with van der Waals surface area (Å²) in [5.41, 5.74) is -0.0348. The number of rotatable bonds is 10. The number of esters is 2. The summed E-state index contributed by atoms with van der Waals surface area (Å²) in [6, 6.07) is 9.86. The zero-order valence-corrected chi connectivity index (χ0v) is 17.7. The van der Waals surface area contributed by atoms with Crippen LogP contribution in [0.4, 0.5) is 0 Å². The summed E-state index contributed by atoms with van der Waals surface area (Å²) in [5.74, 6) is -1.51. The first-order valence-electron chi connectivity index (χ1n) is 10.1. The zero-order valence-electron chi connectivity index (χ0n) is 17.7. The number of benzene rings is 1. The molecular weight excluding hydrogens is 400 g/mol. The summed E-state index contributed by atoms with van der Waals surface area (Å²) in [6.45, 7) is 2.04. The van der Waals surface area contributed by atoms with Crippen LogP contribution in [0, 0.1) is 0 Å². The van der Waals surface area contributed by atoms with Gasteiger partial charge in [0.1, 0.15) is 24.4 Å². The van der Waals surface area contributed by atoms with E-state index in [4.69, 9.17) is 9.47 Å². The normalized spacial score (nSPS) is 21.4. The predicted molar refractivity (Wildman–Crippen MR) is 114 cm³/mol. The van der Waals surface area contributed by atoms with Crippen molar-refractivity contribution in [2.24, 2.45) is 0 Å². The highest BCUT2D eigenvalue weighted by Crippen LogP contribution is 2.31. The van der Waals surface area contributed by atoms with Gasteiger partial charge >= 0.3 is 11.9 Å². The molecule has 166 valence electrons. The van der Waals surface area contributed by atoms with Crippen LogP contribution in [-0.2, 0) is 30.3 Å². The molecule has 31 heavy (non-hydrogen) atoms. The van der Waals surface area contributed by atoms with Crippen molar-refractivity contribution < 1.29 is 34.1 Å². The second kappa shape index (κ2) is 11.4. The van der Waals surface area contributed by atoms with E-state index < -0.39 is 29.7 Å². The smallest absolute Gasteiger partial charge is 0.303 e. The number of ether oxygens (including phenoxy) is 2. The van der Waals surface area contributed by atoms with E-state index in [0.717, 1.165) is 12.0 Å². The van der Waals surface area contributed by atoms with Gasteiger partial charge in [0.05, 0.1) is 0 Å². The number of ketones is 1. The van der Waals surface area contributed by atoms with Crippen molar-refractivity contribution in [2.45, 2.75) is 50.9 Å². The molecule has 3 atom stereocenters. The van der Waals surface area contributed by atoms with E-state index in [1.165, 1.54) is 44.2 Å². The number of aryl methyl sites for hydroxylation is 1. The third-order valence-corrected chi connectivity index (χ3v) is 4.81. The summed E-state index contributed by atoms with van der Waals surface area (Å²) in [4.78, 5) is 34.5. The Morgan fingerprint density at radius 3 is 2.52 bits per heavy atom. The highest BCUT2D eigenvalue weighted by Gasteiger charge is 2.36. The molecule has 7 nitrogen and oxygen atoms in total. The number of aliphatic hydroxyl groups is 2. The van der Waals surface area contributed by atoms with Crippen LogP contribution < -0.4 is 0 Å². The predicted octanol–water partition coefficient (Wildman–Crippen LogP) is 2.22. The molecule has 0 amide bonds. The molecule has 0 radical (unpaired) electrons. The fourth-order valence-electron chi connectivity index (χ4n) is 3.25. The Morgan fingerprint density at radius 2 is 1.87 bits per heavy atom. The van der Waals surface area contributed by atoms with Crippen LogP contribution in [-0.4, -0.2) is 52.4 Å². The summed E-state index contributed by atoms with van der Waals surface area (Å²) >= 11 is 0. The molecule has 3 unspecified atom stereocenters. The Balaban J connectivity index is 2.06. The van der Waals surface area contributed by atoms with E-state index in [1.807, 2.05) is 30.3 Å². The van der Waals surface area contributed by atoms with Crippen LogP contribution >= 0.6 is 0 Å². The Hall–Kier alpha value is -3.03. The molecule has 0 saturated heterocycles. The second-order valence-corrected chi connectivity index (χ2v) is 7.37. The van der Waals surface area contributed by atoms with Gasteiger partial charge in [-0.05, 0) is 43.1 Å². The lowest BCUT2D eigenvalue weighted by Gasteiger charge is -2.22. The molecule has 0 bridgehead atoms. The van der Waals surface area contributed by atoms with Crippen molar-refractivity contribution in [3.8, 4) is 0 Å². The Labute approximate surface area is 181 Å². The topological polar surface area (TPSA) is 110 Å². The fourth-order valence-corrected chi connectivity index (χ4v) is 3.25. The van der Waals surface area contributed by atoms with Gasteiger partial charge in [-0.2, -0.15) is 0 Å². The molecule has 0 aromatic heterocycles. The molecule has 1 aliphatic rings. The van der Waals surface area contributed by atoms with Gasteiger partial charge < -0.3 is 19.7 Å². The highest BCUT2D eigenvalue weighted by molar-refractivity contribution is 6.09. The molecule has 2 N–H and O–H groups in total. The van der Waals surface area contributed by atoms with Crippen LogP contribution in [0.5, 0.6) is 0 Å². The Bertz CT molecular complexity index is 869. The monoisotopic (exact) mass is 428 g/mol. The lowest BCUT2D eigenvalue weighted by molar-refractivity contribution is -0.154. The van der Waals surface area contributed by atoms with Gasteiger partial charge in [-0.3, -0.25) is 14.4 Å². The van der Waals surface area contributed by atoms with Crippen LogP contribution in [0.15, 0.2) is 66.3 Å². The first-order valence-corrected chi connectivity index (χ1v) is 10.1. The highest BCUT2D eigenvalue weighted by atomic mass is 16.6. The molecule has 1 aromatic carbocycles. The van der Waals surface area contributed by atoms with Gasteiger partial charge in [0.25, 0.3) is 0 Å². The van der Waals surface area contributed by atoms with Crippen LogP contribution in [0.25, 0.3) is 0 Å². The quantitative estimate of drug-likeness (QED) is 0.434. The Morgan fingerprint density at radius 1 is 1.16 bits per heavy atom. The molecule has 2 rings (SSSR count). The summed E-state index contributed by atoms with van der Waals surface area (Å²) in [7, 11) is 0. The van der Waals surface area contributed by atoms with Gasteiger partial charge in [-0.1, -0.05) is 42.5 Å². The van der Waals surface area contributed by atoms with Gasteiger partial charge in [0.2, 0.25) is 0 Å². The van der Waals surface area contributed by atoms with Gasteiger partial charge in [0.15, 0.2) is 5.78 Å². The zero-order chi connectivity index (χ0) is 22.9. The average Bonchev–Trinajstić information content (AvgIpc) is 3.00. The molecule has 0 aliphatic heterocycles. The number of hydrogen-bond acceptors (Lipinski definition) is 7. The maximum Gasteiger partial charge on any atom is 0.303 e. The minimum Gasteiger partial charge on any atom is -0.463 e. The minimum absolute atomic E-state index is 0.202. The second-order valence-electron chi connectivity index (χ2n) is 7.37. The average molecular weight is 428 g/mol. The van der Waals surface area contributed by atoms with E-state index >= 15 is 0 Å². The molecule has 1 aliphatic carbocycles. The molecule has 1 aromatic rings. The third kappa shape index (κ3) is 7.62. The number of carbonyl (C=O) groups excluding carboxylic acids is 3. The maximum atomic E-state index is 12.2. The molecule has 0 fully saturated rings. The van der Waals surface area contributed by atoms with Crippen molar-refractivity contribution in [2.75, 3.05) is 6.61 Å². The largest absolute Gasteiger partial charge is 0.463 e.